The summed E-state index contributed by atoms with van der Waals surface area (Å²) in [6.07, 6.45) is 2.00. The summed E-state index contributed by atoms with van der Waals surface area (Å²) >= 11 is 0. The first-order chi connectivity index (χ1) is 7.86. The van der Waals surface area contributed by atoms with E-state index in [0.717, 1.165) is 41.7 Å². The molecular weight excluding hydrogens is 200 g/mol. The van der Waals surface area contributed by atoms with E-state index in [1.54, 1.807) is 0 Å². The van der Waals surface area contributed by atoms with Gasteiger partial charge in [-0.05, 0) is 24.5 Å². The topological polar surface area (TPSA) is 48.1 Å². The highest BCUT2D eigenvalue weighted by molar-refractivity contribution is 5.92. The third-order valence-electron chi connectivity index (χ3n) is 3.08. The third-order valence-corrected chi connectivity index (χ3v) is 3.08. The number of aromatic nitrogens is 1. The minimum absolute atomic E-state index is 0.588. The molecule has 0 atom stereocenters. The lowest BCUT2D eigenvalue weighted by atomic mass is 10.0. The Morgan fingerprint density at radius 2 is 2.12 bits per heavy atom. The smallest absolute Gasteiger partial charge is 0.0891 e. The quantitative estimate of drug-likeness (QED) is 0.732. The zero-order valence-electron chi connectivity index (χ0n) is 9.07. The van der Waals surface area contributed by atoms with Crippen LogP contribution in [0.4, 0.5) is 5.69 Å². The van der Waals surface area contributed by atoms with E-state index in [1.165, 1.54) is 5.56 Å². The summed E-state index contributed by atoms with van der Waals surface area (Å²) in [5.74, 6) is 0. The molecule has 16 heavy (non-hydrogen) atoms. The summed E-state index contributed by atoms with van der Waals surface area (Å²) in [7, 11) is 0. The van der Waals surface area contributed by atoms with E-state index in [1.807, 2.05) is 24.3 Å². The average Bonchev–Trinajstić information content (AvgIpc) is 2.55. The first-order valence-electron chi connectivity index (χ1n) is 5.60. The van der Waals surface area contributed by atoms with Crippen molar-refractivity contribution in [2.75, 3.05) is 12.3 Å². The van der Waals surface area contributed by atoms with E-state index in [0.29, 0.717) is 6.61 Å². The van der Waals surface area contributed by atoms with Gasteiger partial charge in [0.05, 0.1) is 17.8 Å². The van der Waals surface area contributed by atoms with Crippen LogP contribution in [-0.2, 0) is 17.8 Å². The summed E-state index contributed by atoms with van der Waals surface area (Å²) < 4.78 is 5.51. The molecule has 2 heterocycles. The summed E-state index contributed by atoms with van der Waals surface area (Å²) in [5, 5.41) is 1.06. The van der Waals surface area contributed by atoms with Crippen LogP contribution in [0.1, 0.15) is 17.7 Å². The molecule has 0 fully saturated rings. The molecule has 1 aromatic heterocycles. The minimum atomic E-state index is 0.588. The molecule has 0 saturated heterocycles. The normalized spacial score (nSPS) is 15.8. The number of para-hydroxylation sites is 1. The molecule has 0 radical (unpaired) electrons. The van der Waals surface area contributed by atoms with Crippen LogP contribution < -0.4 is 5.73 Å². The second-order valence-corrected chi connectivity index (χ2v) is 4.12. The first-order valence-corrected chi connectivity index (χ1v) is 5.60. The Bertz CT molecular complexity index is 537. The van der Waals surface area contributed by atoms with Gasteiger partial charge in [0, 0.05) is 17.7 Å². The summed E-state index contributed by atoms with van der Waals surface area (Å²) in [5.41, 5.74) is 10.2. The van der Waals surface area contributed by atoms with Crippen LogP contribution in [-0.4, -0.2) is 11.6 Å². The average molecular weight is 214 g/mol. The lowest BCUT2D eigenvalue weighted by molar-refractivity contribution is 0.123. The van der Waals surface area contributed by atoms with Crippen molar-refractivity contribution in [1.29, 1.82) is 0 Å². The highest BCUT2D eigenvalue weighted by Gasteiger charge is 2.14. The van der Waals surface area contributed by atoms with Gasteiger partial charge in [-0.1, -0.05) is 18.2 Å². The molecule has 2 N–H and O–H groups in total. The van der Waals surface area contributed by atoms with E-state index in [4.69, 9.17) is 10.5 Å². The molecule has 3 nitrogen and oxygen atoms in total. The maximum Gasteiger partial charge on any atom is 0.0891 e. The molecule has 2 aromatic rings. The van der Waals surface area contributed by atoms with Crippen molar-refractivity contribution in [2.45, 2.75) is 19.4 Å². The van der Waals surface area contributed by atoms with Gasteiger partial charge in [0.15, 0.2) is 0 Å². The van der Waals surface area contributed by atoms with Crippen molar-refractivity contribution >= 4 is 16.6 Å². The Morgan fingerprint density at radius 3 is 3.06 bits per heavy atom. The van der Waals surface area contributed by atoms with E-state index in [2.05, 4.69) is 4.98 Å². The second kappa shape index (κ2) is 3.76. The van der Waals surface area contributed by atoms with Crippen molar-refractivity contribution in [1.82, 2.24) is 4.98 Å². The van der Waals surface area contributed by atoms with Gasteiger partial charge < -0.3 is 10.5 Å². The molecule has 0 bridgehead atoms. The Hall–Kier alpha value is -1.61. The number of rotatable bonds is 0. The summed E-state index contributed by atoms with van der Waals surface area (Å²) in [6.45, 7) is 1.39. The number of pyridine rings is 1. The lowest BCUT2D eigenvalue weighted by Crippen LogP contribution is -2.03. The van der Waals surface area contributed by atoms with Crippen LogP contribution in [0.15, 0.2) is 24.3 Å². The van der Waals surface area contributed by atoms with Crippen LogP contribution in [0.3, 0.4) is 0 Å². The van der Waals surface area contributed by atoms with E-state index >= 15 is 0 Å². The van der Waals surface area contributed by atoms with Gasteiger partial charge in [-0.15, -0.1) is 0 Å². The van der Waals surface area contributed by atoms with Crippen LogP contribution in [0.25, 0.3) is 10.9 Å². The van der Waals surface area contributed by atoms with Crippen molar-refractivity contribution in [2.24, 2.45) is 0 Å². The van der Waals surface area contributed by atoms with Crippen molar-refractivity contribution < 1.29 is 4.74 Å². The van der Waals surface area contributed by atoms with Crippen molar-refractivity contribution in [3.05, 3.63) is 35.5 Å². The maximum atomic E-state index is 6.21. The van der Waals surface area contributed by atoms with Crippen LogP contribution in [0, 0.1) is 0 Å². The Balaban J connectivity index is 2.29. The van der Waals surface area contributed by atoms with E-state index in [-0.39, 0.29) is 0 Å². The van der Waals surface area contributed by atoms with E-state index in [9.17, 15) is 0 Å². The van der Waals surface area contributed by atoms with Gasteiger partial charge in [0.1, 0.15) is 0 Å². The van der Waals surface area contributed by atoms with Crippen molar-refractivity contribution in [3.63, 3.8) is 0 Å². The molecule has 3 heteroatoms. The zero-order valence-corrected chi connectivity index (χ0v) is 9.07. The molecule has 1 aliphatic heterocycles. The number of nitrogens with two attached hydrogens (primary N) is 1. The fourth-order valence-electron chi connectivity index (χ4n) is 2.25. The highest BCUT2D eigenvalue weighted by atomic mass is 16.5. The molecular formula is C13H14N2O. The standard InChI is InChI=1S/C13H14N2O/c14-13-9-4-1-2-6-11(9)15-12-8-16-7-3-5-10(12)13/h1-2,4,6H,3,5,7-8H2,(H2,14,15). The first kappa shape index (κ1) is 9.60. The molecule has 3 rings (SSSR count). The van der Waals surface area contributed by atoms with Gasteiger partial charge in [0.25, 0.3) is 0 Å². The third kappa shape index (κ3) is 1.44. The SMILES string of the molecule is Nc1c2c(nc3ccccc13)COCCC2. The minimum Gasteiger partial charge on any atom is -0.398 e. The predicted octanol–water partition coefficient (Wildman–Crippen LogP) is 2.28. The molecule has 0 spiro atoms. The van der Waals surface area contributed by atoms with Crippen LogP contribution >= 0.6 is 0 Å². The van der Waals surface area contributed by atoms with Crippen LogP contribution in [0.5, 0.6) is 0 Å². The summed E-state index contributed by atoms with van der Waals surface area (Å²) in [4.78, 5) is 4.63. The summed E-state index contributed by atoms with van der Waals surface area (Å²) in [6, 6.07) is 8.01. The van der Waals surface area contributed by atoms with Gasteiger partial charge in [-0.25, -0.2) is 4.98 Å². The number of hydrogen-bond acceptors (Lipinski definition) is 3. The van der Waals surface area contributed by atoms with Gasteiger partial charge in [0.2, 0.25) is 0 Å². The number of ether oxygens (including phenoxy) is 1. The Labute approximate surface area is 94.2 Å². The lowest BCUT2D eigenvalue weighted by Gasteiger charge is -2.11. The fourth-order valence-corrected chi connectivity index (χ4v) is 2.25. The maximum absolute atomic E-state index is 6.21. The number of anilines is 1. The molecule has 0 unspecified atom stereocenters. The zero-order chi connectivity index (χ0) is 11.0. The van der Waals surface area contributed by atoms with Gasteiger partial charge >= 0.3 is 0 Å². The molecule has 1 aliphatic rings. The largest absolute Gasteiger partial charge is 0.398 e. The van der Waals surface area contributed by atoms with Crippen molar-refractivity contribution in [3.8, 4) is 0 Å². The Morgan fingerprint density at radius 1 is 1.25 bits per heavy atom. The number of nitrogen functional groups attached to an aromatic ring is 1. The fraction of sp³-hybridized carbons (Fsp3) is 0.308. The predicted molar refractivity (Wildman–Crippen MR) is 64.1 cm³/mol. The Kier molecular flexibility index (Phi) is 2.26. The molecule has 0 amide bonds. The molecule has 82 valence electrons. The van der Waals surface area contributed by atoms with Gasteiger partial charge in [-0.3, -0.25) is 0 Å². The number of fused-ring (bicyclic) bond motifs is 2. The molecule has 1 aromatic carbocycles. The number of hydrogen-bond donors (Lipinski definition) is 1. The monoisotopic (exact) mass is 214 g/mol. The number of benzene rings is 1. The highest BCUT2D eigenvalue weighted by Crippen LogP contribution is 2.28. The molecule has 0 saturated carbocycles. The molecule has 0 aliphatic carbocycles. The second-order valence-electron chi connectivity index (χ2n) is 4.12. The van der Waals surface area contributed by atoms with Gasteiger partial charge in [-0.2, -0.15) is 0 Å². The van der Waals surface area contributed by atoms with Crippen LogP contribution in [0.2, 0.25) is 0 Å². The number of nitrogens with zero attached hydrogens (tertiary/aromatic N) is 1. The van der Waals surface area contributed by atoms with E-state index < -0.39 is 0 Å².